The van der Waals surface area contributed by atoms with Crippen LogP contribution in [0.15, 0.2) is 24.3 Å². The maximum Gasteiger partial charge on any atom is 0.416 e. The lowest BCUT2D eigenvalue weighted by molar-refractivity contribution is -0.137. The van der Waals surface area contributed by atoms with Gasteiger partial charge in [-0.1, -0.05) is 6.07 Å². The van der Waals surface area contributed by atoms with Gasteiger partial charge >= 0.3 is 12.2 Å². The minimum atomic E-state index is -4.42. The first-order valence-corrected chi connectivity index (χ1v) is 8.62. The highest BCUT2D eigenvalue weighted by molar-refractivity contribution is 5.56. The van der Waals surface area contributed by atoms with Gasteiger partial charge in [0.25, 0.3) is 0 Å². The number of anilines is 3. The molecule has 2 aromatic rings. The molecule has 1 aromatic carbocycles. The van der Waals surface area contributed by atoms with Crippen molar-refractivity contribution in [1.82, 2.24) is 19.9 Å². The van der Waals surface area contributed by atoms with Crippen molar-refractivity contribution in [2.75, 3.05) is 50.1 Å². The number of hydrogen-bond acceptors (Lipinski definition) is 7. The van der Waals surface area contributed by atoms with Crippen LogP contribution in [0.1, 0.15) is 12.5 Å². The van der Waals surface area contributed by atoms with E-state index in [1.54, 1.807) is 6.92 Å². The van der Waals surface area contributed by atoms with Crippen LogP contribution in [0.2, 0.25) is 0 Å². The first-order chi connectivity index (χ1) is 12.8. The third-order valence-corrected chi connectivity index (χ3v) is 4.11. The smallest absolute Gasteiger partial charge is 0.416 e. The van der Waals surface area contributed by atoms with Crippen molar-refractivity contribution in [2.45, 2.75) is 13.1 Å². The molecule has 7 nitrogen and oxygen atoms in total. The molecule has 3 rings (SSSR count). The van der Waals surface area contributed by atoms with Gasteiger partial charge in [0.2, 0.25) is 11.9 Å². The second kappa shape index (κ2) is 7.95. The van der Waals surface area contributed by atoms with E-state index in [1.807, 2.05) is 11.9 Å². The maximum atomic E-state index is 12.9. The summed E-state index contributed by atoms with van der Waals surface area (Å²) in [5.74, 6) is 0.581. The Morgan fingerprint density at radius 2 is 1.85 bits per heavy atom. The van der Waals surface area contributed by atoms with Crippen molar-refractivity contribution in [3.05, 3.63) is 29.8 Å². The number of nitrogens with one attached hydrogen (secondary N) is 1. The fourth-order valence-electron chi connectivity index (χ4n) is 2.65. The van der Waals surface area contributed by atoms with E-state index < -0.39 is 11.7 Å². The Bertz CT molecular complexity index is 778. The molecule has 0 spiro atoms. The molecule has 0 aliphatic carbocycles. The molecule has 0 radical (unpaired) electrons. The van der Waals surface area contributed by atoms with Gasteiger partial charge in [-0.2, -0.15) is 28.1 Å². The molecule has 1 N–H and O–H groups in total. The monoisotopic (exact) mass is 382 g/mol. The highest BCUT2D eigenvalue weighted by Crippen LogP contribution is 2.31. The normalized spacial score (nSPS) is 15.7. The summed E-state index contributed by atoms with van der Waals surface area (Å²) in [6, 6.07) is 5.02. The molecule has 1 aromatic heterocycles. The van der Waals surface area contributed by atoms with E-state index in [9.17, 15) is 13.2 Å². The fourth-order valence-corrected chi connectivity index (χ4v) is 2.65. The standard InChI is InChI=1S/C17H21F3N6O/c1-3-27-16-23-14(21-13-6-4-5-12(11-13)17(18,19)20)22-15(24-16)26-9-7-25(2)8-10-26/h4-6,11H,3,7-10H2,1-2H3,(H,21,22,23,24). The number of nitrogens with zero attached hydrogens (tertiary/aromatic N) is 5. The predicted octanol–water partition coefficient (Wildman–Crippen LogP) is 2.78. The van der Waals surface area contributed by atoms with Crippen LogP contribution in [0.4, 0.5) is 30.8 Å². The predicted molar refractivity (Wildman–Crippen MR) is 95.4 cm³/mol. The molecule has 10 heteroatoms. The Morgan fingerprint density at radius 1 is 1.11 bits per heavy atom. The lowest BCUT2D eigenvalue weighted by atomic mass is 10.2. The van der Waals surface area contributed by atoms with Crippen molar-refractivity contribution in [3.63, 3.8) is 0 Å². The summed E-state index contributed by atoms with van der Waals surface area (Å²) in [5.41, 5.74) is -0.506. The van der Waals surface area contributed by atoms with Gasteiger partial charge in [0.1, 0.15) is 0 Å². The Balaban J connectivity index is 1.86. The third kappa shape index (κ3) is 4.97. The van der Waals surface area contributed by atoms with Crippen LogP contribution >= 0.6 is 0 Å². The first-order valence-electron chi connectivity index (χ1n) is 8.62. The zero-order valence-corrected chi connectivity index (χ0v) is 15.1. The molecule has 1 saturated heterocycles. The van der Waals surface area contributed by atoms with Crippen LogP contribution in [-0.4, -0.2) is 59.7 Å². The average molecular weight is 382 g/mol. The van der Waals surface area contributed by atoms with E-state index in [0.29, 0.717) is 12.6 Å². The lowest BCUT2D eigenvalue weighted by Gasteiger charge is -2.32. The Labute approximate surface area is 155 Å². The van der Waals surface area contributed by atoms with Crippen LogP contribution < -0.4 is 15.0 Å². The van der Waals surface area contributed by atoms with E-state index >= 15 is 0 Å². The fraction of sp³-hybridized carbons (Fsp3) is 0.471. The second-order valence-electron chi connectivity index (χ2n) is 6.17. The lowest BCUT2D eigenvalue weighted by Crippen LogP contribution is -2.45. The van der Waals surface area contributed by atoms with Gasteiger partial charge in [0.05, 0.1) is 12.2 Å². The molecular weight excluding hydrogens is 361 g/mol. The van der Waals surface area contributed by atoms with E-state index in [-0.39, 0.29) is 17.6 Å². The molecule has 146 valence electrons. The number of ether oxygens (including phenoxy) is 1. The highest BCUT2D eigenvalue weighted by atomic mass is 19.4. The van der Waals surface area contributed by atoms with E-state index in [2.05, 4.69) is 25.2 Å². The minimum Gasteiger partial charge on any atom is -0.464 e. The number of piperazine rings is 1. The topological polar surface area (TPSA) is 66.4 Å². The van der Waals surface area contributed by atoms with Crippen LogP contribution in [0.5, 0.6) is 6.01 Å². The van der Waals surface area contributed by atoms with E-state index in [1.165, 1.54) is 12.1 Å². The average Bonchev–Trinajstić information content (AvgIpc) is 2.62. The number of aromatic nitrogens is 3. The van der Waals surface area contributed by atoms with Crippen LogP contribution in [0, 0.1) is 0 Å². The summed E-state index contributed by atoms with van der Waals surface area (Å²) >= 11 is 0. The largest absolute Gasteiger partial charge is 0.464 e. The van der Waals surface area contributed by atoms with Gasteiger partial charge in [0, 0.05) is 31.9 Å². The summed E-state index contributed by atoms with van der Waals surface area (Å²) in [6.45, 7) is 5.40. The zero-order valence-electron chi connectivity index (χ0n) is 15.1. The molecule has 27 heavy (non-hydrogen) atoms. The number of benzene rings is 1. The van der Waals surface area contributed by atoms with Gasteiger partial charge in [0.15, 0.2) is 0 Å². The van der Waals surface area contributed by atoms with Crippen molar-refractivity contribution < 1.29 is 17.9 Å². The van der Waals surface area contributed by atoms with Crippen molar-refractivity contribution in [2.24, 2.45) is 0 Å². The second-order valence-corrected chi connectivity index (χ2v) is 6.17. The summed E-state index contributed by atoms with van der Waals surface area (Å²) < 4.78 is 44.1. The zero-order chi connectivity index (χ0) is 19.4. The molecule has 0 atom stereocenters. The Kier molecular flexibility index (Phi) is 5.64. The van der Waals surface area contributed by atoms with Crippen LogP contribution in [0.25, 0.3) is 0 Å². The SMILES string of the molecule is CCOc1nc(Nc2cccc(C(F)(F)F)c2)nc(N2CCN(C)CC2)n1. The summed E-state index contributed by atoms with van der Waals surface area (Å²) in [7, 11) is 2.04. The van der Waals surface area contributed by atoms with Crippen molar-refractivity contribution >= 4 is 17.6 Å². The van der Waals surface area contributed by atoms with E-state index in [0.717, 1.165) is 38.3 Å². The molecule has 0 amide bonds. The molecule has 1 fully saturated rings. The van der Waals surface area contributed by atoms with Gasteiger partial charge in [-0.3, -0.25) is 0 Å². The molecule has 0 saturated carbocycles. The summed E-state index contributed by atoms with van der Waals surface area (Å²) in [6.07, 6.45) is -4.42. The number of likely N-dealkylation sites (N-methyl/N-ethyl adjacent to an activating group) is 1. The highest BCUT2D eigenvalue weighted by Gasteiger charge is 2.30. The summed E-state index contributed by atoms with van der Waals surface area (Å²) in [4.78, 5) is 17.0. The number of hydrogen-bond donors (Lipinski definition) is 1. The minimum absolute atomic E-state index is 0.135. The van der Waals surface area contributed by atoms with Gasteiger partial charge in [-0.15, -0.1) is 0 Å². The molecule has 0 unspecified atom stereocenters. The van der Waals surface area contributed by atoms with Crippen molar-refractivity contribution in [3.8, 4) is 6.01 Å². The number of alkyl halides is 3. The van der Waals surface area contributed by atoms with Crippen LogP contribution in [-0.2, 0) is 6.18 Å². The van der Waals surface area contributed by atoms with Gasteiger partial charge in [-0.25, -0.2) is 0 Å². The van der Waals surface area contributed by atoms with E-state index in [4.69, 9.17) is 4.74 Å². The number of rotatable bonds is 5. The molecule has 1 aliphatic heterocycles. The maximum absolute atomic E-state index is 12.9. The van der Waals surface area contributed by atoms with Crippen molar-refractivity contribution in [1.29, 1.82) is 0 Å². The van der Waals surface area contributed by atoms with Gasteiger partial charge < -0.3 is 19.9 Å². The van der Waals surface area contributed by atoms with Crippen LogP contribution in [0.3, 0.4) is 0 Å². The van der Waals surface area contributed by atoms with Gasteiger partial charge in [-0.05, 0) is 32.2 Å². The molecule has 1 aliphatic rings. The molecule has 2 heterocycles. The number of halogens is 3. The Hall–Kier alpha value is -2.62. The third-order valence-electron chi connectivity index (χ3n) is 4.11. The Morgan fingerprint density at radius 3 is 2.52 bits per heavy atom. The molecular formula is C17H21F3N6O. The first kappa shape index (κ1) is 19.2. The summed E-state index contributed by atoms with van der Waals surface area (Å²) in [5, 5.41) is 2.82. The molecule has 0 bridgehead atoms. The quantitative estimate of drug-likeness (QED) is 0.853.